The minimum Gasteiger partial charge on any atom is -0.353 e. The lowest BCUT2D eigenvalue weighted by Crippen LogP contribution is -2.37. The molecule has 0 bridgehead atoms. The average molecular weight is 201 g/mol. The lowest BCUT2D eigenvalue weighted by molar-refractivity contribution is -0.110. The van der Waals surface area contributed by atoms with Crippen LogP contribution in [-0.4, -0.2) is 11.9 Å². The Kier molecular flexibility index (Phi) is 3.93. The van der Waals surface area contributed by atoms with E-state index in [-0.39, 0.29) is 5.54 Å². The Morgan fingerprint density at radius 1 is 1.33 bits per heavy atom. The predicted octanol–water partition coefficient (Wildman–Crippen LogP) is 1.95. The van der Waals surface area contributed by atoms with Crippen molar-refractivity contribution in [3.05, 3.63) is 35.9 Å². The van der Waals surface area contributed by atoms with Gasteiger partial charge in [-0.15, -0.1) is 0 Å². The molecule has 1 rings (SSSR count). The fraction of sp³-hybridized carbons (Fsp3) is 0.308. The van der Waals surface area contributed by atoms with Crippen LogP contribution in [0.5, 0.6) is 0 Å². The first-order valence-electron chi connectivity index (χ1n) is 4.89. The Bertz CT molecular complexity index is 371. The zero-order valence-electron chi connectivity index (χ0n) is 9.08. The molecule has 1 amide bonds. The van der Waals surface area contributed by atoms with Crippen LogP contribution in [0, 0.1) is 11.8 Å². The van der Waals surface area contributed by atoms with Crippen LogP contribution in [0.1, 0.15) is 25.8 Å². The molecule has 2 nitrogen and oxygen atoms in total. The summed E-state index contributed by atoms with van der Waals surface area (Å²) in [5.74, 6) is 6.11. The van der Waals surface area contributed by atoms with Gasteiger partial charge in [-0.25, -0.2) is 0 Å². The highest BCUT2D eigenvalue weighted by Crippen LogP contribution is 2.05. The number of hydrogen-bond donors (Lipinski definition) is 1. The second-order valence-electron chi connectivity index (χ2n) is 3.99. The summed E-state index contributed by atoms with van der Waals surface area (Å²) < 4.78 is 0. The smallest absolute Gasteiger partial charge is 0.207 e. The van der Waals surface area contributed by atoms with Crippen molar-refractivity contribution in [1.82, 2.24) is 5.32 Å². The molecular formula is C13H15NO. The first kappa shape index (κ1) is 11.3. The molecule has 1 aromatic carbocycles. The van der Waals surface area contributed by atoms with Gasteiger partial charge >= 0.3 is 0 Å². The van der Waals surface area contributed by atoms with Gasteiger partial charge in [0.1, 0.15) is 0 Å². The summed E-state index contributed by atoms with van der Waals surface area (Å²) in [7, 11) is 0. The summed E-state index contributed by atoms with van der Waals surface area (Å²) in [5.41, 5.74) is 0.739. The molecule has 0 fully saturated rings. The molecule has 0 radical (unpaired) electrons. The van der Waals surface area contributed by atoms with E-state index in [1.54, 1.807) is 0 Å². The van der Waals surface area contributed by atoms with Crippen molar-refractivity contribution in [2.75, 3.05) is 0 Å². The van der Waals surface area contributed by atoms with Gasteiger partial charge in [0.05, 0.1) is 0 Å². The van der Waals surface area contributed by atoms with Gasteiger partial charge in [0.25, 0.3) is 0 Å². The van der Waals surface area contributed by atoms with Gasteiger partial charge in [0.15, 0.2) is 0 Å². The number of carbonyl (C=O) groups excluding carboxylic acids is 1. The van der Waals surface area contributed by atoms with E-state index in [9.17, 15) is 4.79 Å². The highest BCUT2D eigenvalue weighted by molar-refractivity contribution is 5.48. The molecule has 1 N–H and O–H groups in total. The van der Waals surface area contributed by atoms with Gasteiger partial charge in [-0.3, -0.25) is 4.79 Å². The van der Waals surface area contributed by atoms with E-state index in [2.05, 4.69) is 17.2 Å². The molecule has 78 valence electrons. The molecule has 0 unspecified atom stereocenters. The number of rotatable bonds is 3. The van der Waals surface area contributed by atoms with E-state index < -0.39 is 0 Å². The van der Waals surface area contributed by atoms with Crippen molar-refractivity contribution in [3.63, 3.8) is 0 Å². The molecule has 1 aromatic rings. The minimum atomic E-state index is -0.260. The molecule has 2 heteroatoms. The zero-order valence-corrected chi connectivity index (χ0v) is 9.08. The molecule has 0 saturated heterocycles. The van der Waals surface area contributed by atoms with Crippen molar-refractivity contribution in [2.45, 2.75) is 25.8 Å². The normalized spacial score (nSPS) is 10.0. The van der Waals surface area contributed by atoms with Crippen LogP contribution in [0.3, 0.4) is 0 Å². The quantitative estimate of drug-likeness (QED) is 0.588. The fourth-order valence-electron chi connectivity index (χ4n) is 1.10. The van der Waals surface area contributed by atoms with Gasteiger partial charge in [-0.05, 0) is 26.0 Å². The molecule has 0 aliphatic rings. The van der Waals surface area contributed by atoms with Crippen LogP contribution in [0.2, 0.25) is 0 Å². The number of hydrogen-bond acceptors (Lipinski definition) is 1. The largest absolute Gasteiger partial charge is 0.353 e. The Hall–Kier alpha value is -1.75. The Morgan fingerprint density at radius 3 is 2.60 bits per heavy atom. The first-order valence-corrected chi connectivity index (χ1v) is 4.89. The predicted molar refractivity (Wildman–Crippen MR) is 61.2 cm³/mol. The van der Waals surface area contributed by atoms with Gasteiger partial charge in [-0.1, -0.05) is 30.0 Å². The maximum absolute atomic E-state index is 10.3. The van der Waals surface area contributed by atoms with Crippen LogP contribution >= 0.6 is 0 Å². The Morgan fingerprint density at radius 2 is 2.00 bits per heavy atom. The molecule has 0 aliphatic heterocycles. The molecule has 0 heterocycles. The van der Waals surface area contributed by atoms with Crippen molar-refractivity contribution in [2.24, 2.45) is 0 Å². The van der Waals surface area contributed by atoms with Crippen LogP contribution in [-0.2, 0) is 4.79 Å². The van der Waals surface area contributed by atoms with Crippen LogP contribution in [0.4, 0.5) is 0 Å². The van der Waals surface area contributed by atoms with Crippen LogP contribution in [0.15, 0.2) is 30.3 Å². The van der Waals surface area contributed by atoms with Crippen molar-refractivity contribution in [3.8, 4) is 11.8 Å². The van der Waals surface area contributed by atoms with Gasteiger partial charge in [0.2, 0.25) is 6.41 Å². The lowest BCUT2D eigenvalue weighted by atomic mass is 10.0. The Balaban J connectivity index is 2.57. The maximum atomic E-state index is 10.3. The molecule has 15 heavy (non-hydrogen) atoms. The van der Waals surface area contributed by atoms with E-state index in [1.807, 2.05) is 44.2 Å². The summed E-state index contributed by atoms with van der Waals surface area (Å²) in [5, 5.41) is 2.73. The summed E-state index contributed by atoms with van der Waals surface area (Å²) in [4.78, 5) is 10.3. The van der Waals surface area contributed by atoms with E-state index >= 15 is 0 Å². The van der Waals surface area contributed by atoms with E-state index in [4.69, 9.17) is 0 Å². The highest BCUT2D eigenvalue weighted by atomic mass is 16.1. The maximum Gasteiger partial charge on any atom is 0.207 e. The summed E-state index contributed by atoms with van der Waals surface area (Å²) in [6.07, 6.45) is 1.35. The lowest BCUT2D eigenvalue weighted by Gasteiger charge is -2.20. The monoisotopic (exact) mass is 201 g/mol. The number of benzene rings is 1. The third kappa shape index (κ3) is 4.33. The van der Waals surface area contributed by atoms with Crippen molar-refractivity contribution >= 4 is 6.41 Å². The molecular weight excluding hydrogens is 186 g/mol. The SMILES string of the molecule is CC(C)(CC#Cc1ccccc1)NC=O. The zero-order chi connectivity index (χ0) is 11.1. The first-order chi connectivity index (χ1) is 7.14. The summed E-state index contributed by atoms with van der Waals surface area (Å²) >= 11 is 0. The third-order valence-electron chi connectivity index (χ3n) is 1.99. The second-order valence-corrected chi connectivity index (χ2v) is 3.99. The number of amides is 1. The molecule has 0 atom stereocenters. The fourth-order valence-corrected chi connectivity index (χ4v) is 1.10. The molecule has 0 spiro atoms. The number of carbonyl (C=O) groups is 1. The van der Waals surface area contributed by atoms with Crippen molar-refractivity contribution in [1.29, 1.82) is 0 Å². The average Bonchev–Trinajstić information content (AvgIpc) is 2.19. The summed E-state index contributed by atoms with van der Waals surface area (Å²) in [6.45, 7) is 3.89. The van der Waals surface area contributed by atoms with E-state index in [1.165, 1.54) is 0 Å². The molecule has 0 aromatic heterocycles. The summed E-state index contributed by atoms with van der Waals surface area (Å²) in [6, 6.07) is 9.81. The number of nitrogens with one attached hydrogen (secondary N) is 1. The van der Waals surface area contributed by atoms with E-state index in [0.29, 0.717) is 12.8 Å². The Labute approximate surface area is 90.7 Å². The van der Waals surface area contributed by atoms with Gasteiger partial charge in [0, 0.05) is 17.5 Å². The molecule has 0 aliphatic carbocycles. The van der Waals surface area contributed by atoms with Crippen LogP contribution < -0.4 is 5.32 Å². The topological polar surface area (TPSA) is 29.1 Å². The second kappa shape index (κ2) is 5.21. The van der Waals surface area contributed by atoms with Gasteiger partial charge in [-0.2, -0.15) is 0 Å². The van der Waals surface area contributed by atoms with Crippen LogP contribution in [0.25, 0.3) is 0 Å². The highest BCUT2D eigenvalue weighted by Gasteiger charge is 2.13. The third-order valence-corrected chi connectivity index (χ3v) is 1.99. The van der Waals surface area contributed by atoms with Crippen molar-refractivity contribution < 1.29 is 4.79 Å². The van der Waals surface area contributed by atoms with E-state index in [0.717, 1.165) is 5.56 Å². The standard InChI is InChI=1S/C13H15NO/c1-13(2,14-11-15)10-6-9-12-7-4-3-5-8-12/h3-5,7-8,11H,10H2,1-2H3,(H,14,15). The van der Waals surface area contributed by atoms with Gasteiger partial charge < -0.3 is 5.32 Å². The molecule has 0 saturated carbocycles. The minimum absolute atomic E-state index is 0.260.